The Morgan fingerprint density at radius 2 is 1.42 bits per heavy atom. The maximum Gasteiger partial charge on any atom is 0.268 e. The third-order valence-electron chi connectivity index (χ3n) is 20.4. The number of aliphatic imine (C=N–C) groups is 3. The topological polar surface area (TPSA) is 474 Å². The van der Waals surface area contributed by atoms with Gasteiger partial charge in [0.15, 0.2) is 6.23 Å². The van der Waals surface area contributed by atoms with Gasteiger partial charge in [-0.1, -0.05) is 40.7 Å². The molecule has 15 atom stereocenters. The number of phosphoric ester groups is 1. The zero-order valence-electron chi connectivity index (χ0n) is 54.9. The predicted octanol–water partition coefficient (Wildman–Crippen LogP) is 3.46. The molecule has 515 valence electrons. The van der Waals surface area contributed by atoms with Crippen LogP contribution < -0.4 is 49.3 Å². The van der Waals surface area contributed by atoms with Crippen LogP contribution in [0.15, 0.2) is 67.8 Å². The first kappa shape index (κ1) is 75.3. The van der Waals surface area contributed by atoms with Crippen molar-refractivity contribution in [1.82, 2.24) is 14.9 Å². The number of carbonyl (C=O) groups excluding carboxylic acids is 7. The molecule has 1 aromatic heterocycles. The maximum absolute atomic E-state index is 14.4. The number of primary amides is 6. The molecule has 0 saturated carbocycles. The third-order valence-corrected chi connectivity index (χ3v) is 21.5. The zero-order valence-corrected chi connectivity index (χ0v) is 56.8. The number of hydrogen-bond donors (Lipinski definition) is 9. The number of imidazole rings is 1. The van der Waals surface area contributed by atoms with Gasteiger partial charge in [-0.15, -0.1) is 0 Å². The second-order valence-corrected chi connectivity index (χ2v) is 28.2. The number of methoxy groups -OCH3 is 1. The molecule has 1 aromatic carbocycles. The Kier molecular flexibility index (Phi) is 22.9. The molecular formula is C63H91CoN13O15P-3. The number of nitrogens with one attached hydrogen (secondary N) is 1. The van der Waals surface area contributed by atoms with E-state index in [9.17, 15) is 53.2 Å². The van der Waals surface area contributed by atoms with Gasteiger partial charge in [0, 0.05) is 131 Å². The molecule has 30 heteroatoms. The van der Waals surface area contributed by atoms with Gasteiger partial charge in [-0.25, -0.2) is 4.98 Å². The van der Waals surface area contributed by atoms with Crippen molar-refractivity contribution >= 4 is 77.3 Å². The molecule has 7 amide bonds. The van der Waals surface area contributed by atoms with Crippen molar-refractivity contribution < 1.29 is 88.5 Å². The van der Waals surface area contributed by atoms with Gasteiger partial charge in [-0.2, -0.15) is 5.70 Å². The van der Waals surface area contributed by atoms with E-state index < -0.39 is 143 Å². The van der Waals surface area contributed by atoms with E-state index in [4.69, 9.17) is 73.2 Å². The molecule has 0 aliphatic carbocycles. The van der Waals surface area contributed by atoms with Crippen LogP contribution in [0.2, 0.25) is 0 Å². The smallest absolute Gasteiger partial charge is 0.268 e. The fourth-order valence-corrected chi connectivity index (χ4v) is 16.5. The van der Waals surface area contributed by atoms with Crippen molar-refractivity contribution in [2.75, 3.05) is 20.3 Å². The van der Waals surface area contributed by atoms with Crippen molar-refractivity contribution in [3.05, 3.63) is 71.1 Å². The largest absolute Gasteiger partial charge is 0.756 e. The molecule has 2 fully saturated rings. The minimum atomic E-state index is -5.34. The summed E-state index contributed by atoms with van der Waals surface area (Å²) in [4.78, 5) is 128. The van der Waals surface area contributed by atoms with Crippen molar-refractivity contribution in [2.45, 2.75) is 182 Å². The van der Waals surface area contributed by atoms with Crippen LogP contribution in [0.4, 0.5) is 0 Å². The molecule has 6 aliphatic rings. The summed E-state index contributed by atoms with van der Waals surface area (Å²) in [6.45, 7) is 16.9. The van der Waals surface area contributed by atoms with Gasteiger partial charge >= 0.3 is 0 Å². The fourth-order valence-electron chi connectivity index (χ4n) is 15.4. The third kappa shape index (κ3) is 14.5. The number of carbonyl (C=O) groups is 7. The average Bonchev–Trinajstić information content (AvgIpc) is 0.758. The molecule has 1 radical (unpaired) electrons. The Labute approximate surface area is 552 Å². The van der Waals surface area contributed by atoms with E-state index in [-0.39, 0.29) is 101 Å². The van der Waals surface area contributed by atoms with Gasteiger partial charge in [0.1, 0.15) is 24.1 Å². The normalized spacial score (nSPS) is 33.2. The van der Waals surface area contributed by atoms with Crippen LogP contribution in [0.5, 0.6) is 5.75 Å². The number of aliphatic hydroxyl groups is 2. The molecule has 0 spiro atoms. The Morgan fingerprint density at radius 1 is 0.817 bits per heavy atom. The summed E-state index contributed by atoms with van der Waals surface area (Å²) in [5.74, 6) is -6.87. The molecule has 28 nitrogen and oxygen atoms in total. The van der Waals surface area contributed by atoms with E-state index in [2.05, 4.69) is 10.3 Å². The van der Waals surface area contributed by atoms with Gasteiger partial charge < -0.3 is 90.7 Å². The molecule has 8 bridgehead atoms. The van der Waals surface area contributed by atoms with Crippen LogP contribution >= 0.6 is 7.82 Å². The van der Waals surface area contributed by atoms with Crippen LogP contribution in [0.25, 0.3) is 16.4 Å². The van der Waals surface area contributed by atoms with E-state index in [1.807, 2.05) is 54.5 Å². The van der Waals surface area contributed by atoms with E-state index in [1.54, 1.807) is 26.0 Å². The SMILES string of the molecule is COc1cc2ncn([C@H]3O[C@H](CO)[C@@H](OP(=O)([O-])O[C@H](C)CNC(=O)CC[C@@]4(C)/C5=C(\C)C6=N/C(=C\C7=NC(=C(/C)C8=N[C@@](C)([C@H]([N-]5)[C@@H]4CC(N)=O)[C@@](C)(CC(N)=O)[C@@H]8CCC(N)=O)/[C@@](C)(CC(N)=O)[C@@H]7CCC(N)=O)C(C)(C)[C@@H]6CCC(N)=O)[C@H]3O)c2cc1C.[CH3-].[Co]. The van der Waals surface area contributed by atoms with Gasteiger partial charge in [0.25, 0.3) is 7.82 Å². The number of aromatic nitrogens is 2. The number of aliphatic hydroxyl groups excluding tert-OH is 2. The second-order valence-electron chi connectivity index (χ2n) is 26.9. The molecule has 15 N–H and O–H groups in total. The number of phosphoric acid groups is 1. The Hall–Kier alpha value is -6.69. The molecule has 1 unspecified atom stereocenters. The van der Waals surface area contributed by atoms with Crippen LogP contribution in [-0.2, 0) is 68.7 Å². The molecule has 2 saturated heterocycles. The van der Waals surface area contributed by atoms with Crippen LogP contribution in [-0.4, -0.2) is 135 Å². The average molecular weight is 1360 g/mol. The number of benzene rings is 1. The van der Waals surface area contributed by atoms with E-state index in [0.29, 0.717) is 62.2 Å². The number of nitrogens with zero attached hydrogens (tertiary/aromatic N) is 6. The summed E-state index contributed by atoms with van der Waals surface area (Å²) in [6, 6.07) is 2.39. The predicted molar refractivity (Wildman–Crippen MR) is 340 cm³/mol. The van der Waals surface area contributed by atoms with Gasteiger partial charge in [-0.3, -0.25) is 53.1 Å². The molecule has 2 aromatic rings. The minimum Gasteiger partial charge on any atom is -0.756 e. The Balaban J connectivity index is 0.00000686. The number of nitrogens with two attached hydrogens (primary N) is 6. The first-order valence-electron chi connectivity index (χ1n) is 30.6. The summed E-state index contributed by atoms with van der Waals surface area (Å²) in [5, 5.41) is 30.2. The van der Waals surface area contributed by atoms with Crippen LogP contribution in [0.1, 0.15) is 145 Å². The summed E-state index contributed by atoms with van der Waals surface area (Å²) in [5.41, 5.74) is 35.3. The monoisotopic (exact) mass is 1360 g/mol. The quantitative estimate of drug-likeness (QED) is 0.0457. The van der Waals surface area contributed by atoms with Crippen molar-refractivity contribution in [3.63, 3.8) is 0 Å². The van der Waals surface area contributed by atoms with Crippen molar-refractivity contribution in [1.29, 1.82) is 0 Å². The standard InChI is InChI=1S/C62H90N13O15P.CH3.Co/c1-29-20-39-38(22-40(29)87-11)70-28-75(39)57-52(84)53(41(27-76)88-57)90-91(85,86)89-30(2)26-69-49(83)18-19-59(7)36(21-46(66)80)56-62(10)61(9,25-48(68)82)35(14-17-45(65)79)51(74-62)32(4)55-60(8,24-47(67)81)33(12-15-43(63)77)37(71-55)23-42-58(5,6)34(13-16-44(64)78)50(72-42)31(3)54(59)73-56;;/h20,22-23,28,30,33-36,41,52-53,56-57,76,84H,12-19,21,24-27H2,1-11H3,(H15,63,64,65,66,67,68,69,71,72,73,74,77,78,79,80,81,82,83,85,86);1H3;/q;-1;/p-2/t30-,33-,34-,35-,36+,41-,52-,53-,56-,57+,59-,60+,61+,62+;;/m1../s1. The number of aryl methyl sites for hydroxylation is 1. The number of fused-ring (bicyclic) bond motifs is 7. The van der Waals surface area contributed by atoms with Crippen molar-refractivity contribution in [2.24, 2.45) is 94.7 Å². The van der Waals surface area contributed by atoms with Gasteiger partial charge in [0.05, 0.1) is 48.4 Å². The molecule has 7 heterocycles. The first-order chi connectivity index (χ1) is 42.4. The molecule has 8 rings (SSSR count). The number of ether oxygens (including phenoxy) is 2. The van der Waals surface area contributed by atoms with Crippen LogP contribution in [0, 0.1) is 59.7 Å². The molecule has 6 aliphatic heterocycles. The summed E-state index contributed by atoms with van der Waals surface area (Å²) in [7, 11) is -3.83. The summed E-state index contributed by atoms with van der Waals surface area (Å²) >= 11 is 0. The molecular weight excluding hydrogens is 1270 g/mol. The second kappa shape index (κ2) is 28.3. The van der Waals surface area contributed by atoms with Crippen LogP contribution in [0.3, 0.4) is 0 Å². The number of allylic oxidation sites excluding steroid dienone is 6. The number of hydrogen-bond acceptors (Lipinski definition) is 19. The van der Waals surface area contributed by atoms with E-state index in [1.165, 1.54) is 24.9 Å². The first-order valence-corrected chi connectivity index (χ1v) is 32.1. The Morgan fingerprint density at radius 3 is 1.99 bits per heavy atom. The minimum absolute atomic E-state index is 0. The van der Waals surface area contributed by atoms with E-state index in [0.717, 1.165) is 5.56 Å². The summed E-state index contributed by atoms with van der Waals surface area (Å²) < 4.78 is 37.3. The number of amides is 7. The van der Waals surface area contributed by atoms with Gasteiger partial charge in [0.2, 0.25) is 41.4 Å². The fraction of sp³-hybridized carbons (Fsp3) is 0.619. The van der Waals surface area contributed by atoms with Crippen molar-refractivity contribution in [3.8, 4) is 5.75 Å². The number of rotatable bonds is 27. The maximum atomic E-state index is 14.4. The summed E-state index contributed by atoms with van der Waals surface area (Å²) in [6.07, 6.45) is -5.01. The zero-order chi connectivity index (χ0) is 67.4. The molecule has 93 heavy (non-hydrogen) atoms. The Bertz CT molecular complexity index is 3570. The van der Waals surface area contributed by atoms with E-state index >= 15 is 0 Å². The van der Waals surface area contributed by atoms with Gasteiger partial charge in [-0.05, 0) is 100 Å².